The van der Waals surface area contributed by atoms with E-state index in [0.29, 0.717) is 10.9 Å². The highest BCUT2D eigenvalue weighted by atomic mass is 19.1. The lowest BCUT2D eigenvalue weighted by molar-refractivity contribution is 0.0697. The summed E-state index contributed by atoms with van der Waals surface area (Å²) in [6.07, 6.45) is 0.462. The molecule has 0 aliphatic heterocycles. The zero-order valence-electron chi connectivity index (χ0n) is 8.12. The summed E-state index contributed by atoms with van der Waals surface area (Å²) in [5, 5.41) is 9.44. The fraction of sp³-hybridized carbons (Fsp3) is 0.182. The van der Waals surface area contributed by atoms with E-state index in [1.807, 2.05) is 0 Å². The first-order valence-electron chi connectivity index (χ1n) is 4.58. The zero-order chi connectivity index (χ0) is 11.0. The molecular formula is C11H10FNO2. The van der Waals surface area contributed by atoms with Crippen LogP contribution in [0, 0.1) is 0 Å². The Morgan fingerprint density at radius 2 is 2.27 bits per heavy atom. The van der Waals surface area contributed by atoms with E-state index < -0.39 is 12.1 Å². The lowest BCUT2D eigenvalue weighted by atomic mass is 10.1. The summed E-state index contributed by atoms with van der Waals surface area (Å²) in [6.45, 7) is 1.43. The van der Waals surface area contributed by atoms with Crippen LogP contribution in [-0.4, -0.2) is 16.1 Å². The Kier molecular flexibility index (Phi) is 2.19. The van der Waals surface area contributed by atoms with E-state index in [1.165, 1.54) is 19.1 Å². The van der Waals surface area contributed by atoms with Gasteiger partial charge in [0.15, 0.2) is 0 Å². The van der Waals surface area contributed by atoms with Crippen molar-refractivity contribution >= 4 is 16.9 Å². The van der Waals surface area contributed by atoms with E-state index in [9.17, 15) is 9.18 Å². The third kappa shape index (κ3) is 1.58. The van der Waals surface area contributed by atoms with Crippen LogP contribution in [0.1, 0.15) is 29.0 Å². The van der Waals surface area contributed by atoms with Gasteiger partial charge in [-0.25, -0.2) is 9.18 Å². The fourth-order valence-electron chi connectivity index (χ4n) is 1.60. The van der Waals surface area contributed by atoms with Crippen molar-refractivity contribution in [1.82, 2.24) is 4.98 Å². The molecule has 0 saturated carbocycles. The minimum absolute atomic E-state index is 0.170. The van der Waals surface area contributed by atoms with Gasteiger partial charge >= 0.3 is 5.97 Å². The van der Waals surface area contributed by atoms with Gasteiger partial charge in [0.25, 0.3) is 0 Å². The van der Waals surface area contributed by atoms with Gasteiger partial charge in [-0.1, -0.05) is 0 Å². The Morgan fingerprint density at radius 3 is 2.87 bits per heavy atom. The topological polar surface area (TPSA) is 53.1 Å². The number of aromatic amines is 1. The van der Waals surface area contributed by atoms with E-state index in [0.717, 1.165) is 5.52 Å². The number of hydrogen-bond acceptors (Lipinski definition) is 1. The number of carbonyl (C=O) groups is 1. The minimum Gasteiger partial charge on any atom is -0.478 e. The summed E-state index contributed by atoms with van der Waals surface area (Å²) in [5.41, 5.74) is 1.41. The van der Waals surface area contributed by atoms with Gasteiger partial charge in [0, 0.05) is 22.7 Å². The smallest absolute Gasteiger partial charge is 0.335 e. The van der Waals surface area contributed by atoms with Gasteiger partial charge in [-0.2, -0.15) is 0 Å². The van der Waals surface area contributed by atoms with Crippen molar-refractivity contribution in [2.75, 3.05) is 0 Å². The van der Waals surface area contributed by atoms with Crippen LogP contribution < -0.4 is 0 Å². The summed E-state index contributed by atoms with van der Waals surface area (Å²) in [7, 11) is 0. The SMILES string of the molecule is CC(F)c1c[nH]c2ccc(C(=O)O)cc12. The van der Waals surface area contributed by atoms with Gasteiger partial charge in [0.05, 0.1) is 5.56 Å². The Hall–Kier alpha value is -1.84. The number of fused-ring (bicyclic) bond motifs is 1. The van der Waals surface area contributed by atoms with Gasteiger partial charge < -0.3 is 10.1 Å². The highest BCUT2D eigenvalue weighted by Gasteiger charge is 2.12. The number of hydrogen-bond donors (Lipinski definition) is 2. The molecule has 0 amide bonds. The Balaban J connectivity index is 2.66. The summed E-state index contributed by atoms with van der Waals surface area (Å²) in [4.78, 5) is 13.6. The lowest BCUT2D eigenvalue weighted by Crippen LogP contribution is -1.95. The number of H-pyrrole nitrogens is 1. The first kappa shape index (κ1) is 9.71. The van der Waals surface area contributed by atoms with Crippen molar-refractivity contribution in [2.24, 2.45) is 0 Å². The number of aromatic carboxylic acids is 1. The summed E-state index contributed by atoms with van der Waals surface area (Å²) >= 11 is 0. The minimum atomic E-state index is -1.11. The number of nitrogens with one attached hydrogen (secondary N) is 1. The van der Waals surface area contributed by atoms with E-state index in [-0.39, 0.29) is 5.56 Å². The molecule has 0 spiro atoms. The number of aromatic nitrogens is 1. The highest BCUT2D eigenvalue weighted by Crippen LogP contribution is 2.26. The maximum Gasteiger partial charge on any atom is 0.335 e. The summed E-state index contributed by atoms with van der Waals surface area (Å²) < 4.78 is 13.2. The summed E-state index contributed by atoms with van der Waals surface area (Å²) in [5.74, 6) is -1.00. The average Bonchev–Trinajstić information content (AvgIpc) is 2.59. The van der Waals surface area contributed by atoms with Gasteiger partial charge in [0.1, 0.15) is 6.17 Å². The normalized spacial score (nSPS) is 12.9. The number of carboxylic acid groups (broad SMARTS) is 1. The lowest BCUT2D eigenvalue weighted by Gasteiger charge is -2.00. The zero-order valence-corrected chi connectivity index (χ0v) is 8.12. The molecule has 1 unspecified atom stereocenters. The molecule has 15 heavy (non-hydrogen) atoms. The van der Waals surface area contributed by atoms with Gasteiger partial charge in [-0.05, 0) is 25.1 Å². The second-order valence-electron chi connectivity index (χ2n) is 3.43. The molecule has 0 bridgehead atoms. The van der Waals surface area contributed by atoms with Crippen LogP contribution in [-0.2, 0) is 0 Å². The predicted molar refractivity (Wildman–Crippen MR) is 54.8 cm³/mol. The average molecular weight is 207 g/mol. The van der Waals surface area contributed by atoms with E-state index >= 15 is 0 Å². The van der Waals surface area contributed by atoms with Crippen LogP contribution in [0.2, 0.25) is 0 Å². The molecule has 4 heteroatoms. The molecule has 2 N–H and O–H groups in total. The van der Waals surface area contributed by atoms with Gasteiger partial charge in [-0.3, -0.25) is 0 Å². The molecule has 0 aliphatic rings. The summed E-state index contributed by atoms with van der Waals surface area (Å²) in [6, 6.07) is 4.62. The molecule has 0 fully saturated rings. The van der Waals surface area contributed by atoms with Crippen molar-refractivity contribution in [1.29, 1.82) is 0 Å². The first-order chi connectivity index (χ1) is 7.09. The van der Waals surface area contributed by atoms with Crippen LogP contribution in [0.25, 0.3) is 10.9 Å². The second-order valence-corrected chi connectivity index (χ2v) is 3.43. The largest absolute Gasteiger partial charge is 0.478 e. The van der Waals surface area contributed by atoms with Crippen LogP contribution in [0.4, 0.5) is 4.39 Å². The van der Waals surface area contributed by atoms with Gasteiger partial charge in [-0.15, -0.1) is 0 Å². The third-order valence-corrected chi connectivity index (χ3v) is 2.39. The van der Waals surface area contributed by atoms with E-state index in [2.05, 4.69) is 4.98 Å². The monoisotopic (exact) mass is 207 g/mol. The van der Waals surface area contributed by atoms with Crippen molar-refractivity contribution < 1.29 is 14.3 Å². The molecule has 0 radical (unpaired) electrons. The van der Waals surface area contributed by atoms with Gasteiger partial charge in [0.2, 0.25) is 0 Å². The molecule has 1 atom stereocenters. The third-order valence-electron chi connectivity index (χ3n) is 2.39. The first-order valence-corrected chi connectivity index (χ1v) is 4.58. The highest BCUT2D eigenvalue weighted by molar-refractivity contribution is 5.94. The van der Waals surface area contributed by atoms with E-state index in [4.69, 9.17) is 5.11 Å². The molecule has 1 aromatic carbocycles. The maximum atomic E-state index is 13.2. The molecule has 0 saturated heterocycles. The van der Waals surface area contributed by atoms with Crippen molar-refractivity contribution in [3.05, 3.63) is 35.5 Å². The Morgan fingerprint density at radius 1 is 1.53 bits per heavy atom. The van der Waals surface area contributed by atoms with Crippen molar-refractivity contribution in [2.45, 2.75) is 13.1 Å². The molecule has 1 aromatic heterocycles. The molecule has 2 rings (SSSR count). The number of benzene rings is 1. The van der Waals surface area contributed by atoms with Crippen LogP contribution in [0.15, 0.2) is 24.4 Å². The molecule has 2 aromatic rings. The Labute approximate surface area is 85.5 Å². The second kappa shape index (κ2) is 3.38. The number of halogens is 1. The Bertz CT molecular complexity index is 516. The fourth-order valence-corrected chi connectivity index (χ4v) is 1.60. The van der Waals surface area contributed by atoms with Crippen molar-refractivity contribution in [3.63, 3.8) is 0 Å². The molecule has 0 aliphatic carbocycles. The van der Waals surface area contributed by atoms with Crippen LogP contribution in [0.5, 0.6) is 0 Å². The number of carboxylic acids is 1. The standard InChI is InChI=1S/C11H10FNO2/c1-6(12)9-5-13-10-3-2-7(11(14)15)4-8(9)10/h2-6,13H,1H3,(H,14,15). The quantitative estimate of drug-likeness (QED) is 0.795. The molecule has 1 heterocycles. The van der Waals surface area contributed by atoms with Crippen LogP contribution >= 0.6 is 0 Å². The molecule has 78 valence electrons. The maximum absolute atomic E-state index is 13.2. The predicted octanol–water partition coefficient (Wildman–Crippen LogP) is 2.90. The molecular weight excluding hydrogens is 197 g/mol. The number of alkyl halides is 1. The van der Waals surface area contributed by atoms with Crippen molar-refractivity contribution in [3.8, 4) is 0 Å². The molecule has 3 nitrogen and oxygen atoms in total. The van der Waals surface area contributed by atoms with E-state index in [1.54, 1.807) is 12.3 Å². The van der Waals surface area contributed by atoms with Crippen LogP contribution in [0.3, 0.4) is 0 Å². The number of rotatable bonds is 2.